The molecular weight excluding hydrogens is 208 g/mol. The second-order valence-corrected chi connectivity index (χ2v) is 5.20. The van der Waals surface area contributed by atoms with E-state index in [-0.39, 0.29) is 11.4 Å². The van der Waals surface area contributed by atoms with Crippen molar-refractivity contribution in [2.75, 3.05) is 0 Å². The van der Waals surface area contributed by atoms with E-state index in [9.17, 15) is 10.2 Å². The summed E-state index contributed by atoms with van der Waals surface area (Å²) >= 11 is 1.60. The van der Waals surface area contributed by atoms with E-state index in [1.165, 1.54) is 0 Å². The normalized spacial score (nSPS) is 17.1. The fourth-order valence-corrected chi connectivity index (χ4v) is 2.36. The quantitative estimate of drug-likeness (QED) is 0.775. The molecule has 2 N–H and O–H groups in total. The van der Waals surface area contributed by atoms with Crippen molar-refractivity contribution in [3.05, 3.63) is 29.8 Å². The Kier molecular flexibility index (Phi) is 4.64. The minimum absolute atomic E-state index is 0.130. The average Bonchev–Trinajstić information content (AvgIpc) is 2.18. The van der Waals surface area contributed by atoms with E-state index in [1.807, 2.05) is 31.2 Å². The Morgan fingerprint density at radius 3 is 2.20 bits per heavy atom. The molecule has 0 saturated carbocycles. The van der Waals surface area contributed by atoms with Gasteiger partial charge in [-0.1, -0.05) is 25.1 Å². The van der Waals surface area contributed by atoms with Crippen LogP contribution in [0.25, 0.3) is 0 Å². The third kappa shape index (κ3) is 3.52. The SMILES string of the molecule is CC(O)C(C)Sc1ccccc1[C@@H](C)O. The summed E-state index contributed by atoms with van der Waals surface area (Å²) in [4.78, 5) is 1.04. The van der Waals surface area contributed by atoms with Crippen LogP contribution in [0.4, 0.5) is 0 Å². The molecule has 0 aromatic heterocycles. The lowest BCUT2D eigenvalue weighted by atomic mass is 10.1. The van der Waals surface area contributed by atoms with E-state index in [2.05, 4.69) is 0 Å². The number of hydrogen-bond acceptors (Lipinski definition) is 3. The smallest absolute Gasteiger partial charge is 0.0772 e. The van der Waals surface area contributed by atoms with Gasteiger partial charge in [0.05, 0.1) is 12.2 Å². The number of thioether (sulfide) groups is 1. The van der Waals surface area contributed by atoms with Crippen LogP contribution in [0.3, 0.4) is 0 Å². The minimum Gasteiger partial charge on any atom is -0.392 e. The number of aliphatic hydroxyl groups is 2. The summed E-state index contributed by atoms with van der Waals surface area (Å²) in [5.74, 6) is 0. The highest BCUT2D eigenvalue weighted by molar-refractivity contribution is 8.00. The molecule has 0 bridgehead atoms. The zero-order valence-electron chi connectivity index (χ0n) is 9.34. The van der Waals surface area contributed by atoms with Gasteiger partial charge in [-0.25, -0.2) is 0 Å². The standard InChI is InChI=1S/C12H18O2S/c1-8(13)10(3)15-12-7-5-4-6-11(12)9(2)14/h4-10,13-14H,1-3H3/t8?,9-,10?/m1/s1. The lowest BCUT2D eigenvalue weighted by molar-refractivity contribution is 0.193. The van der Waals surface area contributed by atoms with Crippen molar-refractivity contribution >= 4 is 11.8 Å². The molecule has 1 rings (SSSR count). The Morgan fingerprint density at radius 2 is 1.67 bits per heavy atom. The first-order valence-corrected chi connectivity index (χ1v) is 6.02. The van der Waals surface area contributed by atoms with E-state index in [0.29, 0.717) is 0 Å². The van der Waals surface area contributed by atoms with Gasteiger partial charge in [0.15, 0.2) is 0 Å². The molecular formula is C12H18O2S. The van der Waals surface area contributed by atoms with Crippen molar-refractivity contribution in [2.45, 2.75) is 43.1 Å². The maximum atomic E-state index is 9.58. The molecule has 0 amide bonds. The molecule has 2 unspecified atom stereocenters. The first kappa shape index (κ1) is 12.6. The zero-order chi connectivity index (χ0) is 11.4. The maximum absolute atomic E-state index is 9.58. The van der Waals surface area contributed by atoms with Crippen LogP contribution in [0, 0.1) is 0 Å². The summed E-state index contributed by atoms with van der Waals surface area (Å²) in [5.41, 5.74) is 0.926. The first-order valence-electron chi connectivity index (χ1n) is 5.14. The van der Waals surface area contributed by atoms with E-state index in [1.54, 1.807) is 25.6 Å². The fourth-order valence-electron chi connectivity index (χ4n) is 1.23. The summed E-state index contributed by atoms with van der Waals surface area (Å²) in [6, 6.07) is 7.76. The van der Waals surface area contributed by atoms with Crippen LogP contribution in [0.1, 0.15) is 32.4 Å². The summed E-state index contributed by atoms with van der Waals surface area (Å²) in [6.07, 6.45) is -0.813. The van der Waals surface area contributed by atoms with Gasteiger partial charge in [0.25, 0.3) is 0 Å². The van der Waals surface area contributed by atoms with Crippen LogP contribution in [-0.2, 0) is 0 Å². The number of hydrogen-bond donors (Lipinski definition) is 2. The van der Waals surface area contributed by atoms with Gasteiger partial charge in [0, 0.05) is 10.1 Å². The maximum Gasteiger partial charge on any atom is 0.0772 e. The zero-order valence-corrected chi connectivity index (χ0v) is 10.2. The molecule has 0 spiro atoms. The van der Waals surface area contributed by atoms with Gasteiger partial charge in [-0.3, -0.25) is 0 Å². The molecule has 3 heteroatoms. The second-order valence-electron chi connectivity index (χ2n) is 3.78. The highest BCUT2D eigenvalue weighted by atomic mass is 32.2. The molecule has 1 aromatic carbocycles. The highest BCUT2D eigenvalue weighted by Gasteiger charge is 2.14. The van der Waals surface area contributed by atoms with Crippen molar-refractivity contribution in [3.63, 3.8) is 0 Å². The van der Waals surface area contributed by atoms with Crippen molar-refractivity contribution in [1.29, 1.82) is 0 Å². The van der Waals surface area contributed by atoms with Crippen molar-refractivity contribution in [3.8, 4) is 0 Å². The lowest BCUT2D eigenvalue weighted by Gasteiger charge is -2.17. The average molecular weight is 226 g/mol. The summed E-state index contributed by atoms with van der Waals surface area (Å²) in [7, 11) is 0. The van der Waals surface area contributed by atoms with E-state index in [4.69, 9.17) is 0 Å². The molecule has 15 heavy (non-hydrogen) atoms. The number of benzene rings is 1. The molecule has 0 aliphatic rings. The van der Waals surface area contributed by atoms with Gasteiger partial charge in [0.2, 0.25) is 0 Å². The molecule has 1 aromatic rings. The van der Waals surface area contributed by atoms with E-state index in [0.717, 1.165) is 10.5 Å². The summed E-state index contributed by atoms with van der Waals surface area (Å²) in [6.45, 7) is 5.52. The van der Waals surface area contributed by atoms with Gasteiger partial charge in [-0.15, -0.1) is 11.8 Å². The van der Waals surface area contributed by atoms with E-state index >= 15 is 0 Å². The van der Waals surface area contributed by atoms with Gasteiger partial charge in [-0.05, 0) is 25.5 Å². The monoisotopic (exact) mass is 226 g/mol. The van der Waals surface area contributed by atoms with Crippen LogP contribution in [0.5, 0.6) is 0 Å². The molecule has 0 heterocycles. The third-order valence-corrected chi connectivity index (χ3v) is 3.75. The van der Waals surface area contributed by atoms with Gasteiger partial charge in [-0.2, -0.15) is 0 Å². The Bertz CT molecular complexity index is 310. The fraction of sp³-hybridized carbons (Fsp3) is 0.500. The highest BCUT2D eigenvalue weighted by Crippen LogP contribution is 2.31. The van der Waals surface area contributed by atoms with Gasteiger partial charge < -0.3 is 10.2 Å². The Labute approximate surface area is 95.3 Å². The predicted octanol–water partition coefficient (Wildman–Crippen LogP) is 2.60. The Balaban J connectivity index is 2.84. The number of rotatable bonds is 4. The van der Waals surface area contributed by atoms with Crippen molar-refractivity contribution in [2.24, 2.45) is 0 Å². The largest absolute Gasteiger partial charge is 0.392 e. The molecule has 2 nitrogen and oxygen atoms in total. The Morgan fingerprint density at radius 1 is 1.07 bits per heavy atom. The first-order chi connectivity index (χ1) is 7.02. The summed E-state index contributed by atoms with van der Waals surface area (Å²) < 4.78 is 0. The minimum atomic E-state index is -0.463. The van der Waals surface area contributed by atoms with Crippen LogP contribution in [0.15, 0.2) is 29.2 Å². The van der Waals surface area contributed by atoms with Gasteiger partial charge >= 0.3 is 0 Å². The van der Waals surface area contributed by atoms with Crippen molar-refractivity contribution < 1.29 is 10.2 Å². The van der Waals surface area contributed by atoms with Crippen LogP contribution < -0.4 is 0 Å². The predicted molar refractivity (Wildman–Crippen MR) is 64.1 cm³/mol. The molecule has 0 fully saturated rings. The van der Waals surface area contributed by atoms with Crippen molar-refractivity contribution in [1.82, 2.24) is 0 Å². The summed E-state index contributed by atoms with van der Waals surface area (Å²) in [5, 5.41) is 19.1. The molecule has 3 atom stereocenters. The van der Waals surface area contributed by atoms with Crippen LogP contribution in [0.2, 0.25) is 0 Å². The number of aliphatic hydroxyl groups excluding tert-OH is 2. The topological polar surface area (TPSA) is 40.5 Å². The van der Waals surface area contributed by atoms with E-state index < -0.39 is 6.10 Å². The molecule has 0 aliphatic heterocycles. The van der Waals surface area contributed by atoms with Crippen LogP contribution in [-0.4, -0.2) is 21.6 Å². The third-order valence-electron chi connectivity index (χ3n) is 2.36. The molecule has 0 aliphatic carbocycles. The molecule has 84 valence electrons. The second kappa shape index (κ2) is 5.54. The Hall–Kier alpha value is -0.510. The molecule has 0 saturated heterocycles. The lowest BCUT2D eigenvalue weighted by Crippen LogP contribution is -2.15. The van der Waals surface area contributed by atoms with Gasteiger partial charge in [0.1, 0.15) is 0 Å². The molecule has 0 radical (unpaired) electrons. The van der Waals surface area contributed by atoms with Crippen LogP contribution >= 0.6 is 11.8 Å².